The van der Waals surface area contributed by atoms with Crippen LogP contribution in [0.3, 0.4) is 0 Å². The van der Waals surface area contributed by atoms with Gasteiger partial charge in [-0.2, -0.15) is 0 Å². The summed E-state index contributed by atoms with van der Waals surface area (Å²) in [6.45, 7) is 4.29. The van der Waals surface area contributed by atoms with E-state index in [0.29, 0.717) is 5.52 Å². The number of aliphatic imine (C=N–C) groups is 1. The Labute approximate surface area is 135 Å². The molecule has 0 spiro atoms. The normalized spacial score (nSPS) is 16.0. The summed E-state index contributed by atoms with van der Waals surface area (Å²) in [5.74, 6) is 0.196. The molecule has 1 aliphatic rings. The highest BCUT2D eigenvalue weighted by atomic mass is 16.3. The maximum absolute atomic E-state index is 10.3. The van der Waals surface area contributed by atoms with Gasteiger partial charge in [-0.15, -0.1) is 0 Å². The van der Waals surface area contributed by atoms with Crippen molar-refractivity contribution < 1.29 is 5.11 Å². The highest BCUT2D eigenvalue weighted by Crippen LogP contribution is 2.32. The summed E-state index contributed by atoms with van der Waals surface area (Å²) >= 11 is 0. The smallest absolute Gasteiger partial charge is 0.142 e. The van der Waals surface area contributed by atoms with Gasteiger partial charge in [-0.05, 0) is 44.0 Å². The average molecular weight is 302 g/mol. The number of nitrogens with zero attached hydrogens (tertiary/aromatic N) is 2. The SMILES string of the molecule is CC1(C)Cc2ccccc2C(c2cc(O)c3ncccc3c2)=N1. The van der Waals surface area contributed by atoms with Crippen LogP contribution in [0.4, 0.5) is 0 Å². The molecule has 0 atom stereocenters. The van der Waals surface area contributed by atoms with Crippen molar-refractivity contribution in [2.45, 2.75) is 25.8 Å². The Bertz CT molecular complexity index is 941. The molecule has 0 radical (unpaired) electrons. The molecule has 114 valence electrons. The number of hydrogen-bond acceptors (Lipinski definition) is 3. The van der Waals surface area contributed by atoms with Crippen molar-refractivity contribution in [1.29, 1.82) is 0 Å². The number of phenols is 1. The van der Waals surface area contributed by atoms with Gasteiger partial charge in [-0.1, -0.05) is 30.3 Å². The minimum atomic E-state index is -0.150. The van der Waals surface area contributed by atoms with Gasteiger partial charge in [0.2, 0.25) is 0 Å². The fourth-order valence-corrected chi connectivity index (χ4v) is 3.30. The molecule has 0 unspecified atom stereocenters. The van der Waals surface area contributed by atoms with Gasteiger partial charge in [0.25, 0.3) is 0 Å². The largest absolute Gasteiger partial charge is 0.506 e. The van der Waals surface area contributed by atoms with Crippen LogP contribution in [-0.2, 0) is 6.42 Å². The first-order chi connectivity index (χ1) is 11.0. The van der Waals surface area contributed by atoms with Crippen molar-refractivity contribution in [3.63, 3.8) is 0 Å². The quantitative estimate of drug-likeness (QED) is 0.735. The average Bonchev–Trinajstić information content (AvgIpc) is 2.53. The number of pyridine rings is 1. The third kappa shape index (κ3) is 2.38. The van der Waals surface area contributed by atoms with Crippen LogP contribution in [0.15, 0.2) is 59.7 Å². The van der Waals surface area contributed by atoms with Crippen LogP contribution in [0, 0.1) is 0 Å². The summed E-state index contributed by atoms with van der Waals surface area (Å²) in [6, 6.07) is 16.0. The van der Waals surface area contributed by atoms with E-state index in [1.165, 1.54) is 5.56 Å². The lowest BCUT2D eigenvalue weighted by Gasteiger charge is -2.29. The molecule has 0 aliphatic carbocycles. The first-order valence-electron chi connectivity index (χ1n) is 7.80. The highest BCUT2D eigenvalue weighted by Gasteiger charge is 2.27. The molecule has 3 nitrogen and oxygen atoms in total. The van der Waals surface area contributed by atoms with Gasteiger partial charge >= 0.3 is 0 Å². The molecule has 1 N–H and O–H groups in total. The van der Waals surface area contributed by atoms with Crippen LogP contribution in [0.5, 0.6) is 5.75 Å². The Morgan fingerprint density at radius 3 is 2.74 bits per heavy atom. The maximum atomic E-state index is 10.3. The van der Waals surface area contributed by atoms with Gasteiger partial charge in [-0.25, -0.2) is 0 Å². The topological polar surface area (TPSA) is 45.5 Å². The first-order valence-corrected chi connectivity index (χ1v) is 7.80. The lowest BCUT2D eigenvalue weighted by molar-refractivity contribution is 0.480. The fourth-order valence-electron chi connectivity index (χ4n) is 3.30. The van der Waals surface area contributed by atoms with E-state index in [0.717, 1.165) is 28.6 Å². The van der Waals surface area contributed by atoms with Crippen LogP contribution in [0.25, 0.3) is 10.9 Å². The number of aromatic hydroxyl groups is 1. The minimum absolute atomic E-state index is 0.150. The van der Waals surface area contributed by atoms with E-state index >= 15 is 0 Å². The summed E-state index contributed by atoms with van der Waals surface area (Å²) in [4.78, 5) is 9.21. The molecule has 0 amide bonds. The summed E-state index contributed by atoms with van der Waals surface area (Å²) in [5.41, 5.74) is 4.80. The van der Waals surface area contributed by atoms with Crippen molar-refractivity contribution in [2.24, 2.45) is 4.99 Å². The highest BCUT2D eigenvalue weighted by molar-refractivity contribution is 6.16. The molecule has 0 saturated carbocycles. The Kier molecular flexibility index (Phi) is 2.98. The number of phenolic OH excluding ortho intramolecular Hbond substituents is 1. The molecule has 2 heterocycles. The van der Waals surface area contributed by atoms with Crippen molar-refractivity contribution in [3.8, 4) is 5.75 Å². The zero-order valence-electron chi connectivity index (χ0n) is 13.2. The zero-order chi connectivity index (χ0) is 16.0. The number of aromatic nitrogens is 1. The summed E-state index contributed by atoms with van der Waals surface area (Å²) in [6.07, 6.45) is 2.62. The van der Waals surface area contributed by atoms with Gasteiger partial charge in [0.1, 0.15) is 11.3 Å². The van der Waals surface area contributed by atoms with E-state index in [1.807, 2.05) is 18.2 Å². The Morgan fingerprint density at radius 2 is 1.87 bits per heavy atom. The maximum Gasteiger partial charge on any atom is 0.142 e. The van der Waals surface area contributed by atoms with Crippen molar-refractivity contribution in [2.75, 3.05) is 0 Å². The van der Waals surface area contributed by atoms with Gasteiger partial charge in [0.15, 0.2) is 0 Å². The summed E-state index contributed by atoms with van der Waals surface area (Å²) in [7, 11) is 0. The fraction of sp³-hybridized carbons (Fsp3) is 0.200. The first kappa shape index (κ1) is 13.9. The monoisotopic (exact) mass is 302 g/mol. The molecule has 3 aromatic rings. The van der Waals surface area contributed by atoms with Crippen LogP contribution in [0.2, 0.25) is 0 Å². The number of rotatable bonds is 1. The molecule has 1 aliphatic heterocycles. The third-order valence-electron chi connectivity index (χ3n) is 4.27. The standard InChI is InChI=1S/C20H18N2O/c1-20(2)12-14-6-3-4-8-16(14)18(22-20)15-10-13-7-5-9-21-19(13)17(23)11-15/h3-11,23H,12H2,1-2H3. The van der Waals surface area contributed by atoms with Crippen molar-refractivity contribution >= 4 is 16.6 Å². The number of hydrogen-bond donors (Lipinski definition) is 1. The third-order valence-corrected chi connectivity index (χ3v) is 4.27. The molecule has 4 rings (SSSR count). The van der Waals surface area contributed by atoms with E-state index in [4.69, 9.17) is 4.99 Å². The van der Waals surface area contributed by atoms with Crippen LogP contribution >= 0.6 is 0 Å². The second-order valence-corrected chi connectivity index (χ2v) is 6.68. The Hall–Kier alpha value is -2.68. The van der Waals surface area contributed by atoms with Gasteiger partial charge in [0.05, 0.1) is 11.3 Å². The van der Waals surface area contributed by atoms with Gasteiger partial charge in [-0.3, -0.25) is 9.98 Å². The summed E-state index contributed by atoms with van der Waals surface area (Å²) in [5, 5.41) is 11.3. The zero-order valence-corrected chi connectivity index (χ0v) is 13.2. The van der Waals surface area contributed by atoms with Crippen LogP contribution in [-0.4, -0.2) is 21.3 Å². The number of fused-ring (bicyclic) bond motifs is 2. The second kappa shape index (κ2) is 4.92. The predicted molar refractivity (Wildman–Crippen MR) is 93.3 cm³/mol. The molecule has 3 heteroatoms. The Balaban J connectivity index is 1.97. The molecule has 0 saturated heterocycles. The van der Waals surface area contributed by atoms with Gasteiger partial charge < -0.3 is 5.11 Å². The van der Waals surface area contributed by atoms with Crippen molar-refractivity contribution in [1.82, 2.24) is 4.98 Å². The van der Waals surface area contributed by atoms with Crippen LogP contribution in [0.1, 0.15) is 30.5 Å². The molecule has 2 aromatic carbocycles. The second-order valence-electron chi connectivity index (χ2n) is 6.68. The lowest BCUT2D eigenvalue weighted by atomic mass is 9.85. The van der Waals surface area contributed by atoms with E-state index in [1.54, 1.807) is 12.3 Å². The van der Waals surface area contributed by atoms with Crippen molar-refractivity contribution in [3.05, 3.63) is 71.4 Å². The van der Waals surface area contributed by atoms with E-state index in [-0.39, 0.29) is 11.3 Å². The minimum Gasteiger partial charge on any atom is -0.506 e. The molecular formula is C20H18N2O. The molecule has 23 heavy (non-hydrogen) atoms. The number of benzene rings is 2. The predicted octanol–water partition coefficient (Wildman–Crippen LogP) is 4.11. The lowest BCUT2D eigenvalue weighted by Crippen LogP contribution is -2.29. The molecule has 0 bridgehead atoms. The molecule has 0 fully saturated rings. The van der Waals surface area contributed by atoms with E-state index in [9.17, 15) is 5.11 Å². The van der Waals surface area contributed by atoms with E-state index in [2.05, 4.69) is 43.1 Å². The Morgan fingerprint density at radius 1 is 1.04 bits per heavy atom. The molecular weight excluding hydrogens is 284 g/mol. The summed E-state index contributed by atoms with van der Waals surface area (Å²) < 4.78 is 0. The van der Waals surface area contributed by atoms with Gasteiger partial charge in [0, 0.05) is 22.7 Å². The van der Waals surface area contributed by atoms with E-state index < -0.39 is 0 Å². The molecule has 1 aromatic heterocycles. The van der Waals surface area contributed by atoms with Crippen LogP contribution < -0.4 is 0 Å².